The first-order chi connectivity index (χ1) is 11.8. The Balaban J connectivity index is 2.01. The van der Waals surface area contributed by atoms with Crippen LogP contribution in [0.4, 0.5) is 11.4 Å². The summed E-state index contributed by atoms with van der Waals surface area (Å²) in [5, 5.41) is 0.304. The molecule has 0 saturated heterocycles. The van der Waals surface area contributed by atoms with E-state index < -0.39 is 10.0 Å². The highest BCUT2D eigenvalue weighted by atomic mass is 35.5. The van der Waals surface area contributed by atoms with Gasteiger partial charge >= 0.3 is 0 Å². The summed E-state index contributed by atoms with van der Waals surface area (Å²) in [6.07, 6.45) is 2.93. The van der Waals surface area contributed by atoms with E-state index in [0.29, 0.717) is 22.8 Å². The summed E-state index contributed by atoms with van der Waals surface area (Å²) in [6.45, 7) is 0.609. The van der Waals surface area contributed by atoms with Crippen LogP contribution in [0.25, 0.3) is 0 Å². The Labute approximate surface area is 152 Å². The van der Waals surface area contributed by atoms with Gasteiger partial charge in [0.2, 0.25) is 10.0 Å². The van der Waals surface area contributed by atoms with Gasteiger partial charge in [0, 0.05) is 19.3 Å². The number of rotatable bonds is 3. The van der Waals surface area contributed by atoms with Crippen LogP contribution in [0.5, 0.6) is 0 Å². The number of carbonyl (C=O) groups excluding carboxylic acids is 1. The van der Waals surface area contributed by atoms with Gasteiger partial charge in [-0.05, 0) is 42.7 Å². The fraction of sp³-hybridized carbons (Fsp3) is 0.278. The lowest BCUT2D eigenvalue weighted by molar-refractivity contribution is 0.0985. The van der Waals surface area contributed by atoms with Crippen LogP contribution >= 0.6 is 11.6 Å². The molecule has 0 spiro atoms. The first-order valence-corrected chi connectivity index (χ1v) is 10.1. The number of carbonyl (C=O) groups is 1. The van der Waals surface area contributed by atoms with Crippen molar-refractivity contribution >= 4 is 38.9 Å². The summed E-state index contributed by atoms with van der Waals surface area (Å²) in [5.41, 5.74) is 2.71. The highest BCUT2D eigenvalue weighted by molar-refractivity contribution is 7.92. The number of hydrogen-bond donors (Lipinski definition) is 0. The summed E-state index contributed by atoms with van der Waals surface area (Å²) >= 11 is 6.24. The van der Waals surface area contributed by atoms with Crippen LogP contribution in [-0.2, 0) is 16.4 Å². The molecule has 2 aromatic carbocycles. The minimum Gasteiger partial charge on any atom is -0.308 e. The molecule has 0 radical (unpaired) electrons. The maximum atomic E-state index is 13.1. The SMILES string of the molecule is CN(c1ccc(Cl)c(C(=O)N2CCCc3ccccc32)c1)S(C)(=O)=O. The van der Waals surface area contributed by atoms with Gasteiger partial charge in [0.05, 0.1) is 22.5 Å². The molecule has 3 rings (SSSR count). The van der Waals surface area contributed by atoms with E-state index in [4.69, 9.17) is 11.6 Å². The van der Waals surface area contributed by atoms with Crippen molar-refractivity contribution in [2.24, 2.45) is 0 Å². The lowest BCUT2D eigenvalue weighted by Gasteiger charge is -2.30. The van der Waals surface area contributed by atoms with Gasteiger partial charge in [-0.2, -0.15) is 0 Å². The molecule has 0 fully saturated rings. The molecule has 1 amide bonds. The quantitative estimate of drug-likeness (QED) is 0.823. The second kappa shape index (κ2) is 6.69. The molecule has 7 heteroatoms. The summed E-state index contributed by atoms with van der Waals surface area (Å²) in [5.74, 6) is -0.221. The van der Waals surface area contributed by atoms with E-state index in [2.05, 4.69) is 0 Å². The van der Waals surface area contributed by atoms with Crippen molar-refractivity contribution in [2.75, 3.05) is 29.1 Å². The molecule has 0 unspecified atom stereocenters. The Bertz CT molecular complexity index is 928. The smallest absolute Gasteiger partial charge is 0.259 e. The largest absolute Gasteiger partial charge is 0.308 e. The van der Waals surface area contributed by atoms with Gasteiger partial charge in [-0.15, -0.1) is 0 Å². The molecule has 0 aliphatic carbocycles. The number of sulfonamides is 1. The summed E-state index contributed by atoms with van der Waals surface area (Å²) in [6, 6.07) is 12.5. The van der Waals surface area contributed by atoms with Crippen molar-refractivity contribution in [3.8, 4) is 0 Å². The summed E-state index contributed by atoms with van der Waals surface area (Å²) < 4.78 is 24.7. The first-order valence-electron chi connectivity index (χ1n) is 7.92. The number of fused-ring (bicyclic) bond motifs is 1. The second-order valence-corrected chi connectivity index (χ2v) is 8.50. The second-order valence-electron chi connectivity index (χ2n) is 6.08. The zero-order valence-corrected chi connectivity index (χ0v) is 15.6. The van der Waals surface area contributed by atoms with Crippen LogP contribution in [-0.4, -0.2) is 34.2 Å². The van der Waals surface area contributed by atoms with E-state index >= 15 is 0 Å². The van der Waals surface area contributed by atoms with Crippen molar-refractivity contribution < 1.29 is 13.2 Å². The van der Waals surface area contributed by atoms with Crippen LogP contribution in [0.15, 0.2) is 42.5 Å². The highest BCUT2D eigenvalue weighted by Gasteiger charge is 2.25. The van der Waals surface area contributed by atoms with Gasteiger partial charge in [-0.3, -0.25) is 9.10 Å². The number of anilines is 2. The number of para-hydroxylation sites is 1. The predicted octanol–water partition coefficient (Wildman–Crippen LogP) is 3.33. The topological polar surface area (TPSA) is 57.7 Å². The average molecular weight is 379 g/mol. The Morgan fingerprint density at radius 2 is 1.92 bits per heavy atom. The Morgan fingerprint density at radius 1 is 1.20 bits per heavy atom. The highest BCUT2D eigenvalue weighted by Crippen LogP contribution is 2.31. The number of halogens is 1. The van der Waals surface area contributed by atoms with Crippen molar-refractivity contribution in [1.29, 1.82) is 0 Å². The van der Waals surface area contributed by atoms with E-state index in [-0.39, 0.29) is 5.91 Å². The van der Waals surface area contributed by atoms with Crippen molar-refractivity contribution in [3.63, 3.8) is 0 Å². The molecule has 1 aliphatic rings. The van der Waals surface area contributed by atoms with Gasteiger partial charge in [0.1, 0.15) is 0 Å². The Morgan fingerprint density at radius 3 is 2.64 bits per heavy atom. The standard InChI is InChI=1S/C18H19ClN2O3S/c1-20(25(2,23)24)14-9-10-16(19)15(12-14)18(22)21-11-5-7-13-6-3-4-8-17(13)21/h3-4,6,8-10,12H,5,7,11H2,1-2H3. The van der Waals surface area contributed by atoms with Gasteiger partial charge in [0.25, 0.3) is 5.91 Å². The minimum atomic E-state index is -3.42. The number of nitrogens with zero attached hydrogens (tertiary/aromatic N) is 2. The summed E-state index contributed by atoms with van der Waals surface area (Å²) in [7, 11) is -1.97. The third-order valence-electron chi connectivity index (χ3n) is 4.40. The third kappa shape index (κ3) is 3.50. The predicted molar refractivity (Wildman–Crippen MR) is 101 cm³/mol. The molecule has 0 saturated carbocycles. The summed E-state index contributed by atoms with van der Waals surface area (Å²) in [4.78, 5) is 14.8. The normalized spacial score (nSPS) is 14.1. The maximum Gasteiger partial charge on any atom is 0.259 e. The molecular weight excluding hydrogens is 360 g/mol. The van der Waals surface area contributed by atoms with Gasteiger partial charge in [-0.25, -0.2) is 8.42 Å². The van der Waals surface area contributed by atoms with E-state index in [1.807, 2.05) is 24.3 Å². The molecule has 5 nitrogen and oxygen atoms in total. The molecule has 25 heavy (non-hydrogen) atoms. The van der Waals surface area contributed by atoms with Crippen LogP contribution < -0.4 is 9.21 Å². The van der Waals surface area contributed by atoms with E-state index in [1.54, 1.807) is 17.0 Å². The number of aryl methyl sites for hydroxylation is 1. The Hall–Kier alpha value is -2.05. The maximum absolute atomic E-state index is 13.1. The molecule has 0 bridgehead atoms. The van der Waals surface area contributed by atoms with E-state index in [9.17, 15) is 13.2 Å². The monoisotopic (exact) mass is 378 g/mol. The van der Waals surface area contributed by atoms with Gasteiger partial charge in [-0.1, -0.05) is 29.8 Å². The molecule has 2 aromatic rings. The zero-order valence-electron chi connectivity index (χ0n) is 14.1. The van der Waals surface area contributed by atoms with Gasteiger partial charge < -0.3 is 4.90 Å². The van der Waals surface area contributed by atoms with Crippen LogP contribution in [0.3, 0.4) is 0 Å². The van der Waals surface area contributed by atoms with Crippen LogP contribution in [0, 0.1) is 0 Å². The molecule has 0 aromatic heterocycles. The Kier molecular flexibility index (Phi) is 4.75. The lowest BCUT2D eigenvalue weighted by Crippen LogP contribution is -2.35. The van der Waals surface area contributed by atoms with Gasteiger partial charge in [0.15, 0.2) is 0 Å². The molecule has 0 N–H and O–H groups in total. The van der Waals surface area contributed by atoms with Crippen molar-refractivity contribution in [2.45, 2.75) is 12.8 Å². The molecule has 0 atom stereocenters. The molecular formula is C18H19ClN2O3S. The number of benzene rings is 2. The van der Waals surface area contributed by atoms with Crippen molar-refractivity contribution in [3.05, 3.63) is 58.6 Å². The van der Waals surface area contributed by atoms with E-state index in [0.717, 1.165) is 34.7 Å². The molecule has 1 heterocycles. The average Bonchev–Trinajstić information content (AvgIpc) is 2.59. The lowest BCUT2D eigenvalue weighted by atomic mass is 10.0. The van der Waals surface area contributed by atoms with E-state index in [1.165, 1.54) is 13.1 Å². The molecule has 1 aliphatic heterocycles. The minimum absolute atomic E-state index is 0.221. The van der Waals surface area contributed by atoms with Crippen LogP contribution in [0.2, 0.25) is 5.02 Å². The molecule has 132 valence electrons. The number of amides is 1. The fourth-order valence-corrected chi connectivity index (χ4v) is 3.65. The first kappa shape index (κ1) is 17.8. The fourth-order valence-electron chi connectivity index (χ4n) is 2.95. The van der Waals surface area contributed by atoms with Crippen LogP contribution in [0.1, 0.15) is 22.3 Å². The van der Waals surface area contributed by atoms with Crippen molar-refractivity contribution in [1.82, 2.24) is 0 Å². The zero-order chi connectivity index (χ0) is 18.2. The number of hydrogen-bond acceptors (Lipinski definition) is 3. The third-order valence-corrected chi connectivity index (χ3v) is 5.93.